The molecule has 0 saturated carbocycles. The summed E-state index contributed by atoms with van der Waals surface area (Å²) in [6.45, 7) is 1.71. The molecule has 1 aromatic rings. The zero-order valence-electron chi connectivity index (χ0n) is 10.6. The van der Waals surface area contributed by atoms with Gasteiger partial charge in [0.1, 0.15) is 11.9 Å². The molecule has 1 amide bonds. The van der Waals surface area contributed by atoms with Gasteiger partial charge in [0, 0.05) is 19.1 Å². The van der Waals surface area contributed by atoms with Crippen LogP contribution in [0.25, 0.3) is 0 Å². The molecule has 0 spiro atoms. The van der Waals surface area contributed by atoms with Crippen molar-refractivity contribution >= 4 is 5.91 Å². The zero-order chi connectivity index (χ0) is 13.8. The Bertz CT molecular complexity index is 438. The second-order valence-corrected chi connectivity index (χ2v) is 4.53. The number of nitrogens with two attached hydrogens (primary N) is 2. The third-order valence-corrected chi connectivity index (χ3v) is 3.38. The van der Waals surface area contributed by atoms with E-state index < -0.39 is 11.9 Å². The number of morpholine rings is 1. The molecule has 19 heavy (non-hydrogen) atoms. The molecule has 2 unspecified atom stereocenters. The highest BCUT2D eigenvalue weighted by molar-refractivity contribution is 5.80. The third-order valence-electron chi connectivity index (χ3n) is 3.38. The van der Waals surface area contributed by atoms with Crippen LogP contribution in [0.2, 0.25) is 0 Å². The second-order valence-electron chi connectivity index (χ2n) is 4.53. The van der Waals surface area contributed by atoms with E-state index in [4.69, 9.17) is 16.2 Å². The van der Waals surface area contributed by atoms with E-state index in [2.05, 4.69) is 0 Å². The highest BCUT2D eigenvalue weighted by Gasteiger charge is 2.33. The summed E-state index contributed by atoms with van der Waals surface area (Å²) in [6.07, 6.45) is 0. The predicted molar refractivity (Wildman–Crippen MR) is 68.7 cm³/mol. The molecule has 1 fully saturated rings. The van der Waals surface area contributed by atoms with E-state index in [9.17, 15) is 9.18 Å². The fraction of sp³-hybridized carbons (Fsp3) is 0.462. The van der Waals surface area contributed by atoms with Gasteiger partial charge in [-0.15, -0.1) is 0 Å². The van der Waals surface area contributed by atoms with Gasteiger partial charge < -0.3 is 16.2 Å². The van der Waals surface area contributed by atoms with Crippen molar-refractivity contribution in [2.45, 2.75) is 12.1 Å². The van der Waals surface area contributed by atoms with Crippen molar-refractivity contribution < 1.29 is 13.9 Å². The molecule has 1 aliphatic heterocycles. The number of ether oxygens (including phenoxy) is 1. The Morgan fingerprint density at radius 2 is 2.16 bits per heavy atom. The summed E-state index contributed by atoms with van der Waals surface area (Å²) in [5.41, 5.74) is 12.1. The van der Waals surface area contributed by atoms with E-state index >= 15 is 0 Å². The minimum absolute atomic E-state index is 0.165. The number of carbonyl (C=O) groups excluding carboxylic acids is 1. The SMILES string of the molecule is NCC(c1ccc(F)cc1)N1CCOCC1C(N)=O. The van der Waals surface area contributed by atoms with Gasteiger partial charge in [-0.1, -0.05) is 12.1 Å². The second kappa shape index (κ2) is 6.10. The van der Waals surface area contributed by atoms with E-state index in [-0.39, 0.29) is 18.5 Å². The minimum atomic E-state index is -0.493. The Morgan fingerprint density at radius 1 is 1.47 bits per heavy atom. The van der Waals surface area contributed by atoms with Gasteiger partial charge in [-0.25, -0.2) is 4.39 Å². The molecule has 2 rings (SSSR count). The van der Waals surface area contributed by atoms with Gasteiger partial charge in [-0.05, 0) is 17.7 Å². The molecule has 5 nitrogen and oxygen atoms in total. The van der Waals surface area contributed by atoms with Gasteiger partial charge in [0.25, 0.3) is 0 Å². The first-order valence-corrected chi connectivity index (χ1v) is 6.22. The summed E-state index contributed by atoms with van der Waals surface area (Å²) in [6, 6.07) is 5.48. The number of rotatable bonds is 4. The first-order valence-electron chi connectivity index (χ1n) is 6.22. The number of carbonyl (C=O) groups is 1. The molecule has 1 saturated heterocycles. The van der Waals surface area contributed by atoms with Crippen LogP contribution in [0.5, 0.6) is 0 Å². The van der Waals surface area contributed by atoms with Crippen molar-refractivity contribution in [3.8, 4) is 0 Å². The van der Waals surface area contributed by atoms with Crippen LogP contribution in [0.4, 0.5) is 4.39 Å². The topological polar surface area (TPSA) is 81.6 Å². The van der Waals surface area contributed by atoms with Crippen LogP contribution in [-0.2, 0) is 9.53 Å². The molecule has 1 aliphatic rings. The number of primary amides is 1. The summed E-state index contributed by atoms with van der Waals surface area (Å²) in [7, 11) is 0. The summed E-state index contributed by atoms with van der Waals surface area (Å²) < 4.78 is 18.2. The maximum absolute atomic E-state index is 13.0. The van der Waals surface area contributed by atoms with Crippen LogP contribution in [0.3, 0.4) is 0 Å². The molecule has 1 heterocycles. The summed E-state index contributed by atoms with van der Waals surface area (Å²) in [5.74, 6) is -0.729. The van der Waals surface area contributed by atoms with Crippen LogP contribution in [0, 0.1) is 5.82 Å². The molecule has 2 atom stereocenters. The summed E-state index contributed by atoms with van der Waals surface area (Å²) >= 11 is 0. The number of amides is 1. The van der Waals surface area contributed by atoms with E-state index in [1.807, 2.05) is 4.90 Å². The quantitative estimate of drug-likeness (QED) is 0.805. The van der Waals surface area contributed by atoms with E-state index in [1.165, 1.54) is 12.1 Å². The van der Waals surface area contributed by atoms with Gasteiger partial charge in [-0.3, -0.25) is 9.69 Å². The molecule has 6 heteroatoms. The summed E-state index contributed by atoms with van der Waals surface area (Å²) in [5, 5.41) is 0. The molecule has 0 radical (unpaired) electrons. The highest BCUT2D eigenvalue weighted by atomic mass is 19.1. The average Bonchev–Trinajstić information content (AvgIpc) is 2.42. The fourth-order valence-electron chi connectivity index (χ4n) is 2.38. The smallest absolute Gasteiger partial charge is 0.237 e. The lowest BCUT2D eigenvalue weighted by atomic mass is 10.0. The standard InChI is InChI=1S/C13H18FN3O2/c14-10-3-1-9(2-4-10)11(7-15)17-5-6-19-8-12(17)13(16)18/h1-4,11-12H,5-8,15H2,(H2,16,18). The highest BCUT2D eigenvalue weighted by Crippen LogP contribution is 2.24. The first-order chi connectivity index (χ1) is 9.13. The molecule has 0 bridgehead atoms. The lowest BCUT2D eigenvalue weighted by Gasteiger charge is -2.39. The van der Waals surface area contributed by atoms with Gasteiger partial charge in [0.15, 0.2) is 0 Å². The van der Waals surface area contributed by atoms with Crippen LogP contribution < -0.4 is 11.5 Å². The van der Waals surface area contributed by atoms with Crippen molar-refractivity contribution in [1.29, 1.82) is 0 Å². The number of nitrogens with zero attached hydrogens (tertiary/aromatic N) is 1. The average molecular weight is 267 g/mol. The number of hydrogen-bond donors (Lipinski definition) is 2. The Balaban J connectivity index is 2.24. The third kappa shape index (κ3) is 3.09. The monoisotopic (exact) mass is 267 g/mol. The Hall–Kier alpha value is -1.50. The molecule has 0 aromatic heterocycles. The van der Waals surface area contributed by atoms with Crippen molar-refractivity contribution in [2.24, 2.45) is 11.5 Å². The van der Waals surface area contributed by atoms with Crippen LogP contribution >= 0.6 is 0 Å². The van der Waals surface area contributed by atoms with Crippen molar-refractivity contribution in [1.82, 2.24) is 4.90 Å². The fourth-order valence-corrected chi connectivity index (χ4v) is 2.38. The molecular weight excluding hydrogens is 249 g/mol. The van der Waals surface area contributed by atoms with Crippen LogP contribution in [0.15, 0.2) is 24.3 Å². The van der Waals surface area contributed by atoms with E-state index in [0.717, 1.165) is 5.56 Å². The molecule has 0 aliphatic carbocycles. The lowest BCUT2D eigenvalue weighted by molar-refractivity contribution is -0.131. The number of hydrogen-bond acceptors (Lipinski definition) is 4. The van der Waals surface area contributed by atoms with Gasteiger partial charge in [-0.2, -0.15) is 0 Å². The lowest BCUT2D eigenvalue weighted by Crippen LogP contribution is -2.54. The molecular formula is C13H18FN3O2. The Kier molecular flexibility index (Phi) is 4.47. The normalized spacial score (nSPS) is 22.1. The molecule has 104 valence electrons. The molecule has 4 N–H and O–H groups in total. The van der Waals surface area contributed by atoms with Crippen molar-refractivity contribution in [2.75, 3.05) is 26.3 Å². The largest absolute Gasteiger partial charge is 0.378 e. The number of halogens is 1. The van der Waals surface area contributed by atoms with Gasteiger partial charge in [0.05, 0.1) is 13.2 Å². The Morgan fingerprint density at radius 3 is 2.74 bits per heavy atom. The maximum Gasteiger partial charge on any atom is 0.237 e. The maximum atomic E-state index is 13.0. The van der Waals surface area contributed by atoms with Crippen molar-refractivity contribution in [3.63, 3.8) is 0 Å². The predicted octanol–water partition coefficient (Wildman–Crippen LogP) is 0.0116. The summed E-state index contributed by atoms with van der Waals surface area (Å²) in [4.78, 5) is 13.4. The minimum Gasteiger partial charge on any atom is -0.378 e. The first kappa shape index (κ1) is 13.9. The van der Waals surface area contributed by atoms with Gasteiger partial charge in [0.2, 0.25) is 5.91 Å². The van der Waals surface area contributed by atoms with E-state index in [0.29, 0.717) is 19.7 Å². The molecule has 1 aromatic carbocycles. The van der Waals surface area contributed by atoms with E-state index in [1.54, 1.807) is 12.1 Å². The van der Waals surface area contributed by atoms with Crippen LogP contribution in [0.1, 0.15) is 11.6 Å². The number of benzene rings is 1. The van der Waals surface area contributed by atoms with Gasteiger partial charge >= 0.3 is 0 Å². The van der Waals surface area contributed by atoms with Crippen LogP contribution in [-0.4, -0.2) is 43.2 Å². The van der Waals surface area contributed by atoms with Crippen molar-refractivity contribution in [3.05, 3.63) is 35.6 Å². The Labute approximate surface area is 111 Å². The zero-order valence-corrected chi connectivity index (χ0v) is 10.6.